The number of rotatable bonds is 7. The van der Waals surface area contributed by atoms with Crippen molar-refractivity contribution in [3.05, 3.63) is 65.2 Å². The van der Waals surface area contributed by atoms with E-state index in [0.29, 0.717) is 6.61 Å². The summed E-state index contributed by atoms with van der Waals surface area (Å²) in [4.78, 5) is 0. The maximum Gasteiger partial charge on any atom is 0.119 e. The minimum Gasteiger partial charge on any atom is -0.497 e. The molecule has 0 bridgehead atoms. The molecule has 3 rings (SSSR count). The molecule has 0 spiro atoms. The van der Waals surface area contributed by atoms with Crippen molar-refractivity contribution in [1.29, 1.82) is 0 Å². The zero-order valence-corrected chi connectivity index (χ0v) is 14.0. The molecule has 0 aliphatic heterocycles. The van der Waals surface area contributed by atoms with E-state index in [1.54, 1.807) is 14.2 Å². The van der Waals surface area contributed by atoms with Crippen LogP contribution in [0.2, 0.25) is 0 Å². The van der Waals surface area contributed by atoms with Gasteiger partial charge in [0.2, 0.25) is 0 Å². The van der Waals surface area contributed by atoms with Gasteiger partial charge in [-0.3, -0.25) is 0 Å². The number of hydrogen-bond acceptors (Lipinski definition) is 3. The van der Waals surface area contributed by atoms with Gasteiger partial charge in [-0.05, 0) is 48.1 Å². The predicted octanol–water partition coefficient (Wildman–Crippen LogP) is 4.01. The Bertz CT molecular complexity index is 650. The van der Waals surface area contributed by atoms with Crippen molar-refractivity contribution < 1.29 is 9.47 Å². The Balaban J connectivity index is 1.73. The Morgan fingerprint density at radius 1 is 1.00 bits per heavy atom. The van der Waals surface area contributed by atoms with E-state index >= 15 is 0 Å². The third-order valence-corrected chi connectivity index (χ3v) is 4.76. The van der Waals surface area contributed by atoms with Gasteiger partial charge in [0.25, 0.3) is 0 Å². The lowest BCUT2D eigenvalue weighted by Gasteiger charge is -2.43. The summed E-state index contributed by atoms with van der Waals surface area (Å²) in [7, 11) is 3.46. The molecule has 0 atom stereocenters. The normalized spacial score (nSPS) is 15.9. The molecule has 0 heterocycles. The molecule has 2 aromatic rings. The molecule has 0 radical (unpaired) electrons. The Kier molecular flexibility index (Phi) is 4.99. The van der Waals surface area contributed by atoms with Crippen LogP contribution in [0.15, 0.2) is 48.5 Å². The standard InChI is InChI=1S/C20H25NO2/c1-22-15-17-7-3-6-16(12-17)14-21-20(10-5-11-20)18-8-4-9-19(13-18)23-2/h3-4,6-9,12-13,21H,5,10-11,14-15H2,1-2H3. The monoisotopic (exact) mass is 311 g/mol. The smallest absolute Gasteiger partial charge is 0.119 e. The fourth-order valence-corrected chi connectivity index (χ4v) is 3.29. The third kappa shape index (κ3) is 3.57. The number of ether oxygens (including phenoxy) is 2. The summed E-state index contributed by atoms with van der Waals surface area (Å²) >= 11 is 0. The zero-order valence-electron chi connectivity index (χ0n) is 14.0. The first kappa shape index (κ1) is 16.0. The minimum absolute atomic E-state index is 0.0891. The number of methoxy groups -OCH3 is 2. The summed E-state index contributed by atoms with van der Waals surface area (Å²) in [6.45, 7) is 1.53. The van der Waals surface area contributed by atoms with E-state index in [0.717, 1.165) is 12.3 Å². The molecule has 3 heteroatoms. The van der Waals surface area contributed by atoms with Gasteiger partial charge in [-0.15, -0.1) is 0 Å². The highest BCUT2D eigenvalue weighted by Gasteiger charge is 2.38. The van der Waals surface area contributed by atoms with Crippen LogP contribution in [0.3, 0.4) is 0 Å². The quantitative estimate of drug-likeness (QED) is 0.838. The van der Waals surface area contributed by atoms with Gasteiger partial charge < -0.3 is 14.8 Å². The van der Waals surface area contributed by atoms with Crippen LogP contribution in [-0.2, 0) is 23.4 Å². The van der Waals surface area contributed by atoms with E-state index in [1.165, 1.54) is 36.0 Å². The number of nitrogens with one attached hydrogen (secondary N) is 1. The van der Waals surface area contributed by atoms with Gasteiger partial charge >= 0.3 is 0 Å². The first-order valence-corrected chi connectivity index (χ1v) is 8.22. The number of benzene rings is 2. The average Bonchev–Trinajstić information content (AvgIpc) is 2.55. The van der Waals surface area contributed by atoms with E-state index < -0.39 is 0 Å². The molecule has 0 unspecified atom stereocenters. The maximum absolute atomic E-state index is 5.38. The fourth-order valence-electron chi connectivity index (χ4n) is 3.29. The molecular weight excluding hydrogens is 286 g/mol. The molecule has 23 heavy (non-hydrogen) atoms. The van der Waals surface area contributed by atoms with Crippen molar-refractivity contribution in [2.24, 2.45) is 0 Å². The van der Waals surface area contributed by atoms with Crippen molar-refractivity contribution in [3.63, 3.8) is 0 Å². The Morgan fingerprint density at radius 3 is 2.48 bits per heavy atom. The molecule has 122 valence electrons. The second kappa shape index (κ2) is 7.16. The molecule has 2 aromatic carbocycles. The summed E-state index contributed by atoms with van der Waals surface area (Å²) in [6, 6.07) is 17.0. The molecule has 3 nitrogen and oxygen atoms in total. The van der Waals surface area contributed by atoms with Crippen molar-refractivity contribution in [3.8, 4) is 5.75 Å². The highest BCUT2D eigenvalue weighted by molar-refractivity contribution is 5.35. The van der Waals surface area contributed by atoms with Crippen LogP contribution in [0.4, 0.5) is 0 Å². The predicted molar refractivity (Wildman–Crippen MR) is 92.5 cm³/mol. The van der Waals surface area contributed by atoms with E-state index in [-0.39, 0.29) is 5.54 Å². The lowest BCUT2D eigenvalue weighted by Crippen LogP contribution is -2.47. The van der Waals surface area contributed by atoms with Gasteiger partial charge in [-0.1, -0.05) is 36.4 Å². The van der Waals surface area contributed by atoms with Crippen LogP contribution in [0.5, 0.6) is 5.75 Å². The van der Waals surface area contributed by atoms with E-state index in [9.17, 15) is 0 Å². The lowest BCUT2D eigenvalue weighted by atomic mass is 9.71. The second-order valence-electron chi connectivity index (χ2n) is 6.27. The second-order valence-corrected chi connectivity index (χ2v) is 6.27. The van der Waals surface area contributed by atoms with Crippen molar-refractivity contribution in [2.45, 2.75) is 38.0 Å². The molecule has 0 aromatic heterocycles. The molecular formula is C20H25NO2. The molecule has 1 N–H and O–H groups in total. The highest BCUT2D eigenvalue weighted by Crippen LogP contribution is 2.42. The zero-order chi connectivity index (χ0) is 16.1. The van der Waals surface area contributed by atoms with Gasteiger partial charge in [-0.25, -0.2) is 0 Å². The summed E-state index contributed by atoms with van der Waals surface area (Å²) in [5.74, 6) is 0.928. The SMILES string of the molecule is COCc1cccc(CNC2(c3cccc(OC)c3)CCC2)c1. The van der Waals surface area contributed by atoms with Crippen molar-refractivity contribution in [1.82, 2.24) is 5.32 Å². The number of hydrogen-bond donors (Lipinski definition) is 1. The largest absolute Gasteiger partial charge is 0.497 e. The third-order valence-electron chi connectivity index (χ3n) is 4.76. The Hall–Kier alpha value is -1.84. The first-order chi connectivity index (χ1) is 11.3. The Labute approximate surface area is 138 Å². The molecule has 1 saturated carbocycles. The van der Waals surface area contributed by atoms with Crippen LogP contribution < -0.4 is 10.1 Å². The van der Waals surface area contributed by atoms with Crippen LogP contribution in [0.25, 0.3) is 0 Å². The van der Waals surface area contributed by atoms with Gasteiger partial charge in [-0.2, -0.15) is 0 Å². The summed E-state index contributed by atoms with van der Waals surface area (Å²) in [5, 5.41) is 3.79. The lowest BCUT2D eigenvalue weighted by molar-refractivity contribution is 0.181. The summed E-state index contributed by atoms with van der Waals surface area (Å²) in [5.41, 5.74) is 3.94. The molecule has 0 amide bonds. The van der Waals surface area contributed by atoms with Gasteiger partial charge in [0.15, 0.2) is 0 Å². The summed E-state index contributed by atoms with van der Waals surface area (Å²) in [6.07, 6.45) is 3.63. The van der Waals surface area contributed by atoms with E-state index in [4.69, 9.17) is 9.47 Å². The summed E-state index contributed by atoms with van der Waals surface area (Å²) < 4.78 is 10.6. The van der Waals surface area contributed by atoms with E-state index in [2.05, 4.69) is 47.8 Å². The van der Waals surface area contributed by atoms with Crippen LogP contribution in [0.1, 0.15) is 36.0 Å². The van der Waals surface area contributed by atoms with Gasteiger partial charge in [0, 0.05) is 19.2 Å². The van der Waals surface area contributed by atoms with E-state index in [1.807, 2.05) is 6.07 Å². The minimum atomic E-state index is 0.0891. The molecule has 1 aliphatic carbocycles. The molecule has 1 fully saturated rings. The molecule has 1 aliphatic rings. The van der Waals surface area contributed by atoms with Crippen molar-refractivity contribution >= 4 is 0 Å². The van der Waals surface area contributed by atoms with Gasteiger partial charge in [0.1, 0.15) is 5.75 Å². The highest BCUT2D eigenvalue weighted by atomic mass is 16.5. The fraction of sp³-hybridized carbons (Fsp3) is 0.400. The van der Waals surface area contributed by atoms with Crippen LogP contribution in [0, 0.1) is 0 Å². The van der Waals surface area contributed by atoms with Crippen LogP contribution in [-0.4, -0.2) is 14.2 Å². The van der Waals surface area contributed by atoms with Gasteiger partial charge in [0.05, 0.1) is 13.7 Å². The Morgan fingerprint density at radius 2 is 1.78 bits per heavy atom. The van der Waals surface area contributed by atoms with Crippen molar-refractivity contribution in [2.75, 3.05) is 14.2 Å². The molecule has 0 saturated heterocycles. The average molecular weight is 311 g/mol. The maximum atomic E-state index is 5.38. The first-order valence-electron chi connectivity index (χ1n) is 8.22. The topological polar surface area (TPSA) is 30.5 Å². The van der Waals surface area contributed by atoms with Crippen LogP contribution >= 0.6 is 0 Å².